The van der Waals surface area contributed by atoms with Crippen molar-refractivity contribution in [1.82, 2.24) is 9.88 Å². The standard InChI is InChI=1S/C20H24N4O3S/c1-3-10-23(19(25)13-22-11-4-5-15(2)12-22)20-21-18(14-28-20)16-6-8-17(9-7-16)24(26)27/h3,6-9,14-15H,1,4-5,10-13H2,2H3/t15-/m0/s1. The van der Waals surface area contributed by atoms with E-state index in [-0.39, 0.29) is 11.6 Å². The van der Waals surface area contributed by atoms with Crippen LogP contribution in [0.4, 0.5) is 10.8 Å². The van der Waals surface area contributed by atoms with E-state index in [4.69, 9.17) is 0 Å². The second kappa shape index (κ2) is 9.07. The number of likely N-dealkylation sites (tertiary alicyclic amines) is 1. The Morgan fingerprint density at radius 2 is 2.21 bits per heavy atom. The van der Waals surface area contributed by atoms with Crippen molar-refractivity contribution in [3.05, 3.63) is 52.4 Å². The quantitative estimate of drug-likeness (QED) is 0.399. The average molecular weight is 401 g/mol. The number of nitro groups is 1. The van der Waals surface area contributed by atoms with Gasteiger partial charge < -0.3 is 0 Å². The maximum Gasteiger partial charge on any atom is 0.269 e. The molecule has 28 heavy (non-hydrogen) atoms. The van der Waals surface area contributed by atoms with Crippen LogP contribution < -0.4 is 4.90 Å². The minimum absolute atomic E-state index is 0.0126. The number of nitro benzene ring substituents is 1. The second-order valence-corrected chi connectivity index (χ2v) is 7.93. The van der Waals surface area contributed by atoms with Gasteiger partial charge in [0.05, 0.1) is 17.2 Å². The normalized spacial score (nSPS) is 17.2. The number of hydrogen-bond acceptors (Lipinski definition) is 6. The molecule has 1 amide bonds. The van der Waals surface area contributed by atoms with E-state index in [0.717, 1.165) is 25.1 Å². The molecule has 0 aliphatic carbocycles. The molecule has 0 radical (unpaired) electrons. The van der Waals surface area contributed by atoms with Gasteiger partial charge in [0.25, 0.3) is 5.69 Å². The number of rotatable bonds is 7. The van der Waals surface area contributed by atoms with E-state index >= 15 is 0 Å². The SMILES string of the molecule is C=CCN(C(=O)CN1CCC[C@H](C)C1)c1nc(-c2ccc([N+](=O)[O-])cc2)cs1. The Balaban J connectivity index is 1.74. The fourth-order valence-electron chi connectivity index (χ4n) is 3.40. The maximum absolute atomic E-state index is 12.9. The predicted molar refractivity (Wildman–Crippen MR) is 112 cm³/mol. The molecular formula is C20H24N4O3S. The first kappa shape index (κ1) is 20.2. The first-order valence-corrected chi connectivity index (χ1v) is 10.2. The molecule has 0 saturated carbocycles. The lowest BCUT2D eigenvalue weighted by Gasteiger charge is -2.31. The zero-order chi connectivity index (χ0) is 20.1. The molecular weight excluding hydrogens is 376 g/mol. The van der Waals surface area contributed by atoms with Crippen molar-refractivity contribution in [2.24, 2.45) is 5.92 Å². The van der Waals surface area contributed by atoms with E-state index in [0.29, 0.717) is 29.8 Å². The van der Waals surface area contributed by atoms with E-state index < -0.39 is 4.92 Å². The summed E-state index contributed by atoms with van der Waals surface area (Å²) in [5, 5.41) is 13.3. The summed E-state index contributed by atoms with van der Waals surface area (Å²) in [5.74, 6) is 0.626. The highest BCUT2D eigenvalue weighted by Gasteiger charge is 2.24. The van der Waals surface area contributed by atoms with Gasteiger partial charge in [-0.15, -0.1) is 17.9 Å². The van der Waals surface area contributed by atoms with Crippen molar-refractivity contribution in [2.75, 3.05) is 31.1 Å². The van der Waals surface area contributed by atoms with Gasteiger partial charge in [0, 0.05) is 36.2 Å². The highest BCUT2D eigenvalue weighted by Crippen LogP contribution is 2.29. The Morgan fingerprint density at radius 3 is 2.86 bits per heavy atom. The van der Waals surface area contributed by atoms with Crippen molar-refractivity contribution in [3.8, 4) is 11.3 Å². The van der Waals surface area contributed by atoms with Crippen LogP contribution in [0.25, 0.3) is 11.3 Å². The highest BCUT2D eigenvalue weighted by atomic mass is 32.1. The molecule has 0 bridgehead atoms. The minimum Gasteiger partial charge on any atom is -0.294 e. The summed E-state index contributed by atoms with van der Waals surface area (Å²) in [6.07, 6.45) is 4.03. The molecule has 1 atom stereocenters. The predicted octanol–water partition coefficient (Wildman–Crippen LogP) is 3.97. The van der Waals surface area contributed by atoms with E-state index in [1.807, 2.05) is 5.38 Å². The zero-order valence-corrected chi connectivity index (χ0v) is 16.7. The summed E-state index contributed by atoms with van der Waals surface area (Å²) in [4.78, 5) is 31.7. The fourth-order valence-corrected chi connectivity index (χ4v) is 4.26. The van der Waals surface area contributed by atoms with Crippen molar-refractivity contribution in [2.45, 2.75) is 19.8 Å². The van der Waals surface area contributed by atoms with Gasteiger partial charge in [0.2, 0.25) is 5.91 Å². The molecule has 1 fully saturated rings. The summed E-state index contributed by atoms with van der Waals surface area (Å²) >= 11 is 1.39. The average Bonchev–Trinajstić information content (AvgIpc) is 3.16. The lowest BCUT2D eigenvalue weighted by atomic mass is 10.0. The molecule has 1 aliphatic rings. The van der Waals surface area contributed by atoms with Crippen LogP contribution in [0.2, 0.25) is 0 Å². The third kappa shape index (κ3) is 4.82. The van der Waals surface area contributed by atoms with Crippen LogP contribution >= 0.6 is 11.3 Å². The monoisotopic (exact) mass is 400 g/mol. The summed E-state index contributed by atoms with van der Waals surface area (Å²) in [5.41, 5.74) is 1.52. The number of non-ortho nitro benzene ring substituents is 1. The summed E-state index contributed by atoms with van der Waals surface area (Å²) < 4.78 is 0. The third-order valence-electron chi connectivity index (χ3n) is 4.81. The third-order valence-corrected chi connectivity index (χ3v) is 5.67. The van der Waals surface area contributed by atoms with Crippen molar-refractivity contribution < 1.29 is 9.72 Å². The van der Waals surface area contributed by atoms with Crippen LogP contribution in [0, 0.1) is 16.0 Å². The Bertz CT molecular complexity index is 849. The molecule has 1 aromatic heterocycles. The number of amides is 1. The highest BCUT2D eigenvalue weighted by molar-refractivity contribution is 7.14. The van der Waals surface area contributed by atoms with Crippen LogP contribution in [0.3, 0.4) is 0 Å². The van der Waals surface area contributed by atoms with Gasteiger partial charge in [-0.25, -0.2) is 4.98 Å². The maximum atomic E-state index is 12.9. The first-order chi connectivity index (χ1) is 13.5. The first-order valence-electron chi connectivity index (χ1n) is 9.32. The Kier molecular flexibility index (Phi) is 6.53. The lowest BCUT2D eigenvalue weighted by molar-refractivity contribution is -0.384. The molecule has 2 heterocycles. The van der Waals surface area contributed by atoms with Crippen LogP contribution in [0.5, 0.6) is 0 Å². The van der Waals surface area contributed by atoms with Gasteiger partial charge >= 0.3 is 0 Å². The molecule has 1 aliphatic heterocycles. The van der Waals surface area contributed by atoms with Crippen molar-refractivity contribution in [3.63, 3.8) is 0 Å². The van der Waals surface area contributed by atoms with Crippen LogP contribution in [-0.4, -0.2) is 46.9 Å². The lowest BCUT2D eigenvalue weighted by Crippen LogP contribution is -2.44. The van der Waals surface area contributed by atoms with E-state index in [2.05, 4.69) is 23.4 Å². The minimum atomic E-state index is -0.428. The molecule has 148 valence electrons. The number of carbonyl (C=O) groups excluding carboxylic acids is 1. The van der Waals surface area contributed by atoms with Gasteiger partial charge in [-0.2, -0.15) is 0 Å². The van der Waals surface area contributed by atoms with Gasteiger partial charge in [-0.1, -0.05) is 13.0 Å². The number of nitrogens with zero attached hydrogens (tertiary/aromatic N) is 4. The number of aromatic nitrogens is 1. The number of benzene rings is 1. The van der Waals surface area contributed by atoms with Gasteiger partial charge in [-0.3, -0.25) is 24.7 Å². The number of hydrogen-bond donors (Lipinski definition) is 0. The Hall–Kier alpha value is -2.58. The van der Waals surface area contributed by atoms with Crippen LogP contribution in [0.1, 0.15) is 19.8 Å². The number of thiazole rings is 1. The number of carbonyl (C=O) groups is 1. The Morgan fingerprint density at radius 1 is 1.46 bits per heavy atom. The summed E-state index contributed by atoms with van der Waals surface area (Å²) in [6.45, 7) is 8.65. The van der Waals surface area contributed by atoms with Gasteiger partial charge in [-0.05, 0) is 37.4 Å². The summed E-state index contributed by atoms with van der Waals surface area (Å²) in [7, 11) is 0. The number of anilines is 1. The van der Waals surface area contributed by atoms with E-state index in [1.54, 1.807) is 23.1 Å². The topological polar surface area (TPSA) is 79.6 Å². The molecule has 0 spiro atoms. The molecule has 1 aromatic carbocycles. The summed E-state index contributed by atoms with van der Waals surface area (Å²) in [6, 6.07) is 6.26. The second-order valence-electron chi connectivity index (χ2n) is 7.09. The molecule has 3 rings (SSSR count). The molecule has 0 N–H and O–H groups in total. The fraction of sp³-hybridized carbons (Fsp3) is 0.400. The van der Waals surface area contributed by atoms with E-state index in [1.165, 1.54) is 29.9 Å². The van der Waals surface area contributed by atoms with E-state index in [9.17, 15) is 14.9 Å². The van der Waals surface area contributed by atoms with Crippen molar-refractivity contribution in [1.29, 1.82) is 0 Å². The van der Waals surface area contributed by atoms with Crippen LogP contribution in [0.15, 0.2) is 42.3 Å². The molecule has 8 heteroatoms. The van der Waals surface area contributed by atoms with Crippen molar-refractivity contribution >= 4 is 28.1 Å². The molecule has 0 unspecified atom stereocenters. The molecule has 7 nitrogen and oxygen atoms in total. The molecule has 1 saturated heterocycles. The largest absolute Gasteiger partial charge is 0.294 e. The zero-order valence-electron chi connectivity index (χ0n) is 15.9. The van der Waals surface area contributed by atoms with Gasteiger partial charge in [0.1, 0.15) is 0 Å². The Labute approximate surface area is 168 Å². The smallest absolute Gasteiger partial charge is 0.269 e. The molecule has 2 aromatic rings. The van der Waals surface area contributed by atoms with Crippen LogP contribution in [-0.2, 0) is 4.79 Å². The van der Waals surface area contributed by atoms with Gasteiger partial charge in [0.15, 0.2) is 5.13 Å². The number of piperidine rings is 1.